The minimum absolute atomic E-state index is 0.00491. The highest BCUT2D eigenvalue weighted by atomic mass is 16.4. The van der Waals surface area contributed by atoms with Gasteiger partial charge < -0.3 is 10.4 Å². The van der Waals surface area contributed by atoms with Gasteiger partial charge in [0.2, 0.25) is 5.91 Å². The van der Waals surface area contributed by atoms with Gasteiger partial charge in [-0.15, -0.1) is 5.10 Å². The van der Waals surface area contributed by atoms with Crippen LogP contribution in [0.3, 0.4) is 0 Å². The van der Waals surface area contributed by atoms with E-state index < -0.39 is 5.97 Å². The first-order chi connectivity index (χ1) is 9.31. The molecule has 1 amide bonds. The number of carbonyl (C=O) groups excluding carboxylic acids is 1. The van der Waals surface area contributed by atoms with E-state index in [0.29, 0.717) is 24.6 Å². The molecule has 0 radical (unpaired) electrons. The van der Waals surface area contributed by atoms with Crippen LogP contribution >= 0.6 is 0 Å². The Morgan fingerprint density at radius 2 is 1.90 bits per heavy atom. The fourth-order valence-electron chi connectivity index (χ4n) is 1.72. The number of nitrogens with zero attached hydrogens (tertiary/aromatic N) is 3. The summed E-state index contributed by atoms with van der Waals surface area (Å²) in [5, 5.41) is 19.3. The van der Waals surface area contributed by atoms with Gasteiger partial charge in [0.05, 0.1) is 5.69 Å². The Balaban J connectivity index is 2.83. The van der Waals surface area contributed by atoms with Crippen LogP contribution in [0, 0.1) is 11.8 Å². The Morgan fingerprint density at radius 3 is 2.40 bits per heavy atom. The molecule has 0 aliphatic rings. The largest absolute Gasteiger partial charge is 0.476 e. The van der Waals surface area contributed by atoms with Crippen LogP contribution in [0.1, 0.15) is 43.9 Å². The third-order valence-corrected chi connectivity index (χ3v) is 2.64. The molecule has 1 aromatic heterocycles. The number of aromatic nitrogens is 3. The summed E-state index contributed by atoms with van der Waals surface area (Å²) in [4.78, 5) is 22.9. The molecule has 0 aromatic carbocycles. The van der Waals surface area contributed by atoms with Crippen molar-refractivity contribution in [2.24, 2.45) is 11.8 Å². The standard InChI is InChI=1S/C13H22N4O3/c1-8(2)5-10-12(13(19)20)15-16-17(10)7-11(18)14-6-9(3)4/h8-9H,5-7H2,1-4H3,(H,14,18)(H,19,20). The SMILES string of the molecule is CC(C)CNC(=O)Cn1nnc(C(=O)O)c1CC(C)C. The van der Waals surface area contributed by atoms with Crippen molar-refractivity contribution in [1.82, 2.24) is 20.3 Å². The molecule has 0 atom stereocenters. The molecular weight excluding hydrogens is 260 g/mol. The number of aromatic carboxylic acids is 1. The zero-order chi connectivity index (χ0) is 15.3. The molecule has 0 bridgehead atoms. The van der Waals surface area contributed by atoms with Crippen LogP contribution in [-0.2, 0) is 17.8 Å². The summed E-state index contributed by atoms with van der Waals surface area (Å²) in [7, 11) is 0. The molecule has 7 heteroatoms. The first kappa shape index (κ1) is 16.1. The first-order valence-electron chi connectivity index (χ1n) is 6.73. The molecule has 1 aromatic rings. The molecule has 7 nitrogen and oxygen atoms in total. The van der Waals surface area contributed by atoms with Crippen molar-refractivity contribution in [2.45, 2.75) is 40.7 Å². The van der Waals surface area contributed by atoms with Crippen molar-refractivity contribution >= 4 is 11.9 Å². The van der Waals surface area contributed by atoms with Crippen molar-refractivity contribution < 1.29 is 14.7 Å². The predicted octanol–water partition coefficient (Wildman–Crippen LogP) is 0.947. The van der Waals surface area contributed by atoms with Gasteiger partial charge in [-0.2, -0.15) is 0 Å². The predicted molar refractivity (Wildman–Crippen MR) is 73.4 cm³/mol. The number of nitrogens with one attached hydrogen (secondary N) is 1. The lowest BCUT2D eigenvalue weighted by Gasteiger charge is -2.10. The van der Waals surface area contributed by atoms with Crippen LogP contribution in [-0.4, -0.2) is 38.5 Å². The Morgan fingerprint density at radius 1 is 1.25 bits per heavy atom. The number of carboxylic acid groups (broad SMARTS) is 1. The second-order valence-electron chi connectivity index (χ2n) is 5.64. The quantitative estimate of drug-likeness (QED) is 0.776. The Labute approximate surface area is 118 Å². The molecule has 0 unspecified atom stereocenters. The molecule has 0 fully saturated rings. The summed E-state index contributed by atoms with van der Waals surface area (Å²) < 4.78 is 1.37. The number of rotatable bonds is 7. The van der Waals surface area contributed by atoms with Gasteiger partial charge >= 0.3 is 5.97 Å². The Hall–Kier alpha value is -1.92. The molecule has 20 heavy (non-hydrogen) atoms. The van der Waals surface area contributed by atoms with Gasteiger partial charge in [-0.1, -0.05) is 32.9 Å². The van der Waals surface area contributed by atoms with Crippen LogP contribution in [0.4, 0.5) is 0 Å². The highest BCUT2D eigenvalue weighted by molar-refractivity contribution is 5.86. The molecule has 0 spiro atoms. The zero-order valence-corrected chi connectivity index (χ0v) is 12.4. The van der Waals surface area contributed by atoms with Gasteiger partial charge in [0, 0.05) is 6.54 Å². The molecule has 1 heterocycles. The average molecular weight is 282 g/mol. The van der Waals surface area contributed by atoms with Gasteiger partial charge in [-0.05, 0) is 18.3 Å². The van der Waals surface area contributed by atoms with E-state index in [1.54, 1.807) is 0 Å². The van der Waals surface area contributed by atoms with Crippen LogP contribution in [0.25, 0.3) is 0 Å². The van der Waals surface area contributed by atoms with E-state index in [1.807, 2.05) is 27.7 Å². The molecule has 1 rings (SSSR count). The van der Waals surface area contributed by atoms with E-state index in [1.165, 1.54) is 4.68 Å². The summed E-state index contributed by atoms with van der Waals surface area (Å²) in [5.74, 6) is -0.691. The fraction of sp³-hybridized carbons (Fsp3) is 0.692. The van der Waals surface area contributed by atoms with Crippen molar-refractivity contribution in [2.75, 3.05) is 6.54 Å². The van der Waals surface area contributed by atoms with Crippen LogP contribution in [0.5, 0.6) is 0 Å². The summed E-state index contributed by atoms with van der Waals surface area (Å²) in [6, 6.07) is 0. The third kappa shape index (κ3) is 4.64. The number of amides is 1. The number of hydrogen-bond acceptors (Lipinski definition) is 4. The number of carbonyl (C=O) groups is 2. The lowest BCUT2D eigenvalue weighted by Crippen LogP contribution is -2.31. The van der Waals surface area contributed by atoms with Gasteiger partial charge in [-0.3, -0.25) is 4.79 Å². The van der Waals surface area contributed by atoms with E-state index in [4.69, 9.17) is 5.11 Å². The summed E-state index contributed by atoms with van der Waals surface area (Å²) in [5.41, 5.74) is 0.419. The Bertz CT molecular complexity index is 480. The smallest absolute Gasteiger partial charge is 0.358 e. The summed E-state index contributed by atoms with van der Waals surface area (Å²) in [6.45, 7) is 8.53. The van der Waals surface area contributed by atoms with Crippen molar-refractivity contribution in [3.05, 3.63) is 11.4 Å². The average Bonchev–Trinajstić information content (AvgIpc) is 2.69. The maximum absolute atomic E-state index is 11.8. The maximum atomic E-state index is 11.8. The van der Waals surface area contributed by atoms with Crippen molar-refractivity contribution in [1.29, 1.82) is 0 Å². The molecular formula is C13H22N4O3. The zero-order valence-electron chi connectivity index (χ0n) is 12.4. The second-order valence-corrected chi connectivity index (χ2v) is 5.64. The maximum Gasteiger partial charge on any atom is 0.358 e. The van der Waals surface area contributed by atoms with Crippen LogP contribution in [0.15, 0.2) is 0 Å². The van der Waals surface area contributed by atoms with E-state index in [-0.39, 0.29) is 24.1 Å². The Kier molecular flexibility index (Phi) is 5.66. The lowest BCUT2D eigenvalue weighted by atomic mass is 10.1. The normalized spacial score (nSPS) is 11.1. The van der Waals surface area contributed by atoms with Gasteiger partial charge in [0.25, 0.3) is 0 Å². The molecule has 0 aliphatic heterocycles. The van der Waals surface area contributed by atoms with E-state index >= 15 is 0 Å². The van der Waals surface area contributed by atoms with Crippen molar-refractivity contribution in [3.63, 3.8) is 0 Å². The minimum Gasteiger partial charge on any atom is -0.476 e. The lowest BCUT2D eigenvalue weighted by molar-refractivity contribution is -0.122. The molecule has 0 aliphatic carbocycles. The van der Waals surface area contributed by atoms with Gasteiger partial charge in [0.1, 0.15) is 6.54 Å². The van der Waals surface area contributed by atoms with Crippen molar-refractivity contribution in [3.8, 4) is 0 Å². The van der Waals surface area contributed by atoms with Crippen LogP contribution < -0.4 is 5.32 Å². The van der Waals surface area contributed by atoms with Crippen LogP contribution in [0.2, 0.25) is 0 Å². The first-order valence-corrected chi connectivity index (χ1v) is 6.73. The topological polar surface area (TPSA) is 97.1 Å². The molecule has 0 saturated carbocycles. The van der Waals surface area contributed by atoms with E-state index in [2.05, 4.69) is 15.6 Å². The number of carboxylic acids is 1. The molecule has 2 N–H and O–H groups in total. The minimum atomic E-state index is -1.12. The monoisotopic (exact) mass is 282 g/mol. The highest BCUT2D eigenvalue weighted by Gasteiger charge is 2.20. The summed E-state index contributed by atoms with van der Waals surface area (Å²) in [6.07, 6.45) is 0.520. The van der Waals surface area contributed by atoms with Gasteiger partial charge in [0.15, 0.2) is 5.69 Å². The number of hydrogen-bond donors (Lipinski definition) is 2. The van der Waals surface area contributed by atoms with E-state index in [0.717, 1.165) is 0 Å². The fourth-order valence-corrected chi connectivity index (χ4v) is 1.72. The third-order valence-electron chi connectivity index (χ3n) is 2.64. The molecule has 112 valence electrons. The highest BCUT2D eigenvalue weighted by Crippen LogP contribution is 2.12. The summed E-state index contributed by atoms with van der Waals surface area (Å²) >= 11 is 0. The van der Waals surface area contributed by atoms with Gasteiger partial charge in [-0.25, -0.2) is 9.48 Å². The second kappa shape index (κ2) is 7.02. The van der Waals surface area contributed by atoms with E-state index in [9.17, 15) is 9.59 Å². The molecule has 0 saturated heterocycles.